The second kappa shape index (κ2) is 11.2. The summed E-state index contributed by atoms with van der Waals surface area (Å²) in [6.45, 7) is 7.97. The third-order valence-electron chi connectivity index (χ3n) is 6.12. The second-order valence-corrected chi connectivity index (χ2v) is 8.19. The van der Waals surface area contributed by atoms with Gasteiger partial charge in [0, 0.05) is 31.2 Å². The lowest BCUT2D eigenvalue weighted by Gasteiger charge is -2.37. The Bertz CT molecular complexity index is 806. The third-order valence-corrected chi connectivity index (χ3v) is 6.12. The van der Waals surface area contributed by atoms with E-state index >= 15 is 0 Å². The van der Waals surface area contributed by atoms with Crippen LogP contribution in [0.5, 0.6) is 5.75 Å². The molecular weight excluding hydrogens is 372 g/mol. The topological polar surface area (TPSA) is 32.8 Å². The van der Waals surface area contributed by atoms with Crippen LogP contribution in [0.1, 0.15) is 54.6 Å². The van der Waals surface area contributed by atoms with Crippen LogP contribution in [0.25, 0.3) is 0 Å². The monoisotopic (exact) mass is 408 g/mol. The number of benzene rings is 2. The van der Waals surface area contributed by atoms with Crippen molar-refractivity contribution < 1.29 is 9.53 Å². The summed E-state index contributed by atoms with van der Waals surface area (Å²) < 4.78 is 5.57. The van der Waals surface area contributed by atoms with Crippen molar-refractivity contribution in [2.75, 3.05) is 33.3 Å². The van der Waals surface area contributed by atoms with E-state index in [1.54, 1.807) is 7.11 Å². The van der Waals surface area contributed by atoms with Gasteiger partial charge in [0.15, 0.2) is 0 Å². The zero-order valence-electron chi connectivity index (χ0n) is 18.8. The van der Waals surface area contributed by atoms with E-state index < -0.39 is 0 Å². The number of amides is 1. The fourth-order valence-electron chi connectivity index (χ4n) is 4.62. The van der Waals surface area contributed by atoms with Gasteiger partial charge in [0.2, 0.25) is 0 Å². The predicted molar refractivity (Wildman–Crippen MR) is 123 cm³/mol. The van der Waals surface area contributed by atoms with Crippen LogP contribution in [0.3, 0.4) is 0 Å². The number of methoxy groups -OCH3 is 1. The number of nitrogens with zero attached hydrogens (tertiary/aromatic N) is 2. The lowest BCUT2D eigenvalue weighted by Crippen LogP contribution is -2.45. The SMILES string of the molecule is CCCN(CCN(CCC)C1CCc2c(cccc2OC)C1)C(=O)c1ccccc1. The molecular formula is C26H36N2O2. The van der Waals surface area contributed by atoms with Gasteiger partial charge in [-0.25, -0.2) is 0 Å². The Morgan fingerprint density at radius 2 is 1.73 bits per heavy atom. The summed E-state index contributed by atoms with van der Waals surface area (Å²) in [5, 5.41) is 0. The number of rotatable bonds is 10. The van der Waals surface area contributed by atoms with Crippen LogP contribution in [0.15, 0.2) is 48.5 Å². The molecule has 0 heterocycles. The van der Waals surface area contributed by atoms with Gasteiger partial charge in [-0.15, -0.1) is 0 Å². The molecule has 4 heteroatoms. The molecule has 0 spiro atoms. The maximum atomic E-state index is 13.0. The van der Waals surface area contributed by atoms with Crippen molar-refractivity contribution in [2.45, 2.75) is 52.0 Å². The van der Waals surface area contributed by atoms with Crippen molar-refractivity contribution in [1.29, 1.82) is 0 Å². The lowest BCUT2D eigenvalue weighted by atomic mass is 9.86. The quantitative estimate of drug-likeness (QED) is 0.565. The van der Waals surface area contributed by atoms with Crippen molar-refractivity contribution in [3.63, 3.8) is 0 Å². The Hall–Kier alpha value is -2.33. The molecule has 1 amide bonds. The standard InChI is InChI=1S/C26H36N2O2/c1-4-16-27(23-14-15-24-22(20-23)12-9-13-25(24)30-3)18-19-28(17-5-2)26(29)21-10-7-6-8-11-21/h6-13,23H,4-5,14-20H2,1-3H3. The number of carbonyl (C=O) groups excluding carboxylic acids is 1. The highest BCUT2D eigenvalue weighted by Gasteiger charge is 2.26. The number of ether oxygens (including phenoxy) is 1. The first-order valence-corrected chi connectivity index (χ1v) is 11.4. The number of fused-ring (bicyclic) bond motifs is 1. The molecule has 0 N–H and O–H groups in total. The van der Waals surface area contributed by atoms with Crippen molar-refractivity contribution in [2.24, 2.45) is 0 Å². The van der Waals surface area contributed by atoms with Crippen molar-refractivity contribution in [3.8, 4) is 5.75 Å². The summed E-state index contributed by atoms with van der Waals surface area (Å²) >= 11 is 0. The van der Waals surface area contributed by atoms with Crippen molar-refractivity contribution in [3.05, 3.63) is 65.2 Å². The van der Waals surface area contributed by atoms with Gasteiger partial charge in [-0.2, -0.15) is 0 Å². The predicted octanol–water partition coefficient (Wildman–Crippen LogP) is 4.82. The zero-order chi connectivity index (χ0) is 21.3. The van der Waals surface area contributed by atoms with E-state index in [4.69, 9.17) is 4.74 Å². The Morgan fingerprint density at radius 1 is 0.967 bits per heavy atom. The molecule has 30 heavy (non-hydrogen) atoms. The molecule has 0 fully saturated rings. The fourth-order valence-corrected chi connectivity index (χ4v) is 4.62. The van der Waals surface area contributed by atoms with E-state index in [-0.39, 0.29) is 5.91 Å². The third kappa shape index (κ3) is 5.42. The molecule has 0 aliphatic heterocycles. The average molecular weight is 409 g/mol. The first kappa shape index (κ1) is 22.4. The highest BCUT2D eigenvalue weighted by Crippen LogP contribution is 2.31. The molecule has 1 atom stereocenters. The lowest BCUT2D eigenvalue weighted by molar-refractivity contribution is 0.0714. The molecule has 0 saturated carbocycles. The van der Waals surface area contributed by atoms with Gasteiger partial charge in [-0.3, -0.25) is 9.69 Å². The van der Waals surface area contributed by atoms with Gasteiger partial charge < -0.3 is 9.64 Å². The molecule has 1 aliphatic carbocycles. The minimum Gasteiger partial charge on any atom is -0.496 e. The summed E-state index contributed by atoms with van der Waals surface area (Å²) in [5.74, 6) is 1.17. The summed E-state index contributed by atoms with van der Waals surface area (Å²) in [7, 11) is 1.76. The Balaban J connectivity index is 1.68. The van der Waals surface area contributed by atoms with Crippen molar-refractivity contribution in [1.82, 2.24) is 9.80 Å². The van der Waals surface area contributed by atoms with Crippen LogP contribution in [-0.2, 0) is 12.8 Å². The van der Waals surface area contributed by atoms with E-state index in [2.05, 4.69) is 36.9 Å². The maximum absolute atomic E-state index is 13.0. The van der Waals surface area contributed by atoms with Gasteiger partial charge in [0.1, 0.15) is 5.75 Å². The molecule has 0 saturated heterocycles. The average Bonchev–Trinajstić information content (AvgIpc) is 2.80. The van der Waals surface area contributed by atoms with E-state index in [1.807, 2.05) is 35.2 Å². The Kier molecular flexibility index (Phi) is 8.32. The Morgan fingerprint density at radius 3 is 2.43 bits per heavy atom. The number of hydrogen-bond acceptors (Lipinski definition) is 3. The van der Waals surface area contributed by atoms with E-state index in [0.717, 1.165) is 69.6 Å². The van der Waals surface area contributed by atoms with Gasteiger partial charge in [-0.05, 0) is 68.0 Å². The molecule has 2 aromatic carbocycles. The Labute approximate surface area is 181 Å². The summed E-state index contributed by atoms with van der Waals surface area (Å²) in [4.78, 5) is 17.6. The van der Waals surface area contributed by atoms with Crippen molar-refractivity contribution >= 4 is 5.91 Å². The number of carbonyl (C=O) groups is 1. The molecule has 0 bridgehead atoms. The summed E-state index contributed by atoms with van der Waals surface area (Å²) in [5.41, 5.74) is 3.57. The molecule has 1 unspecified atom stereocenters. The largest absolute Gasteiger partial charge is 0.496 e. The van der Waals surface area contributed by atoms with Crippen LogP contribution < -0.4 is 4.74 Å². The van der Waals surface area contributed by atoms with Gasteiger partial charge in [-0.1, -0.05) is 44.2 Å². The maximum Gasteiger partial charge on any atom is 0.253 e. The highest BCUT2D eigenvalue weighted by molar-refractivity contribution is 5.94. The van der Waals surface area contributed by atoms with E-state index in [0.29, 0.717) is 6.04 Å². The number of hydrogen-bond donors (Lipinski definition) is 0. The van der Waals surface area contributed by atoms with Gasteiger partial charge in [0.25, 0.3) is 5.91 Å². The first-order valence-electron chi connectivity index (χ1n) is 11.4. The van der Waals surface area contributed by atoms with Crippen LogP contribution in [0.4, 0.5) is 0 Å². The fraction of sp³-hybridized carbons (Fsp3) is 0.500. The summed E-state index contributed by atoms with van der Waals surface area (Å²) in [6, 6.07) is 16.6. The molecule has 162 valence electrons. The van der Waals surface area contributed by atoms with E-state index in [9.17, 15) is 4.79 Å². The van der Waals surface area contributed by atoms with Crippen LogP contribution in [0, 0.1) is 0 Å². The molecule has 3 rings (SSSR count). The normalized spacial score (nSPS) is 15.7. The second-order valence-electron chi connectivity index (χ2n) is 8.19. The molecule has 0 aromatic heterocycles. The molecule has 1 aliphatic rings. The van der Waals surface area contributed by atoms with Crippen LogP contribution in [-0.4, -0.2) is 55.0 Å². The minimum atomic E-state index is 0.146. The van der Waals surface area contributed by atoms with Crippen LogP contribution in [0.2, 0.25) is 0 Å². The molecule has 0 radical (unpaired) electrons. The van der Waals surface area contributed by atoms with Gasteiger partial charge >= 0.3 is 0 Å². The highest BCUT2D eigenvalue weighted by atomic mass is 16.5. The smallest absolute Gasteiger partial charge is 0.253 e. The summed E-state index contributed by atoms with van der Waals surface area (Å²) in [6.07, 6.45) is 5.37. The molecule has 2 aromatic rings. The molecule has 4 nitrogen and oxygen atoms in total. The van der Waals surface area contributed by atoms with Gasteiger partial charge in [0.05, 0.1) is 7.11 Å². The van der Waals surface area contributed by atoms with E-state index in [1.165, 1.54) is 11.1 Å². The zero-order valence-corrected chi connectivity index (χ0v) is 18.8. The van der Waals surface area contributed by atoms with Crippen LogP contribution >= 0.6 is 0 Å². The minimum absolute atomic E-state index is 0.146. The first-order chi connectivity index (χ1) is 14.7.